The van der Waals surface area contributed by atoms with Crippen molar-refractivity contribution in [1.82, 2.24) is 4.98 Å². The van der Waals surface area contributed by atoms with Gasteiger partial charge < -0.3 is 10.4 Å². The van der Waals surface area contributed by atoms with Crippen molar-refractivity contribution in [1.29, 1.82) is 0 Å². The number of thiazole rings is 1. The predicted octanol–water partition coefficient (Wildman–Crippen LogP) is 4.24. The van der Waals surface area contributed by atoms with E-state index in [1.54, 1.807) is 23.5 Å². The molecule has 0 saturated carbocycles. The number of nitrogens with zero attached hydrogens (tertiary/aromatic N) is 1. The van der Waals surface area contributed by atoms with Crippen LogP contribution in [-0.2, 0) is 4.79 Å². The van der Waals surface area contributed by atoms with Crippen LogP contribution in [-0.4, -0.2) is 16.0 Å². The molecular weight excluding hydrogens is 308 g/mol. The minimum absolute atomic E-state index is 0.0419. The van der Waals surface area contributed by atoms with Crippen LogP contribution in [0.2, 0.25) is 0 Å². The molecule has 1 amide bonds. The molecule has 2 aromatic carbocycles. The number of aromatic nitrogens is 1. The third-order valence-corrected chi connectivity index (χ3v) is 4.97. The molecule has 0 spiro atoms. The van der Waals surface area contributed by atoms with E-state index in [0.717, 1.165) is 33.1 Å². The van der Waals surface area contributed by atoms with Crippen molar-refractivity contribution in [2.45, 2.75) is 12.8 Å². The van der Waals surface area contributed by atoms with Gasteiger partial charge in [0.15, 0.2) is 0 Å². The average molecular weight is 322 g/mol. The van der Waals surface area contributed by atoms with Crippen LogP contribution in [0.4, 0.5) is 5.69 Å². The number of phenols is 1. The second-order valence-electron chi connectivity index (χ2n) is 5.60. The third kappa shape index (κ3) is 2.39. The van der Waals surface area contributed by atoms with E-state index in [4.69, 9.17) is 0 Å². The summed E-state index contributed by atoms with van der Waals surface area (Å²) in [5.41, 5.74) is 4.79. The molecule has 23 heavy (non-hydrogen) atoms. The van der Waals surface area contributed by atoms with Gasteiger partial charge >= 0.3 is 0 Å². The number of anilines is 1. The highest BCUT2D eigenvalue weighted by molar-refractivity contribution is 7.13. The summed E-state index contributed by atoms with van der Waals surface area (Å²) in [6, 6.07) is 13.0. The largest absolute Gasteiger partial charge is 0.508 e. The summed E-state index contributed by atoms with van der Waals surface area (Å²) >= 11 is 1.56. The van der Waals surface area contributed by atoms with E-state index in [0.29, 0.717) is 0 Å². The van der Waals surface area contributed by atoms with Crippen molar-refractivity contribution in [3.63, 3.8) is 0 Å². The molecule has 3 aromatic rings. The molecule has 0 aliphatic carbocycles. The fraction of sp³-hybridized carbons (Fsp3) is 0.111. The molecule has 0 fully saturated rings. The molecule has 5 heteroatoms. The van der Waals surface area contributed by atoms with Crippen molar-refractivity contribution >= 4 is 22.9 Å². The number of hydrogen-bond donors (Lipinski definition) is 2. The first kappa shape index (κ1) is 14.0. The SMILES string of the molecule is C[C@@H]1C(=O)Nc2ccc(-c3csc(-c4ccc(O)cc4)n3)cc21. The van der Waals surface area contributed by atoms with Gasteiger partial charge in [0, 0.05) is 22.2 Å². The molecule has 2 N–H and O–H groups in total. The van der Waals surface area contributed by atoms with Crippen LogP contribution in [0.15, 0.2) is 47.8 Å². The van der Waals surface area contributed by atoms with Gasteiger partial charge in [-0.2, -0.15) is 0 Å². The summed E-state index contributed by atoms with van der Waals surface area (Å²) in [7, 11) is 0. The quantitative estimate of drug-likeness (QED) is 0.742. The van der Waals surface area contributed by atoms with E-state index < -0.39 is 0 Å². The third-order valence-electron chi connectivity index (χ3n) is 4.08. The summed E-state index contributed by atoms with van der Waals surface area (Å²) in [5.74, 6) is 0.163. The Labute approximate surface area is 137 Å². The molecule has 2 heterocycles. The Balaban J connectivity index is 1.70. The zero-order valence-electron chi connectivity index (χ0n) is 12.4. The number of phenolic OH excluding ortho intramolecular Hbond substituents is 1. The fourth-order valence-corrected chi connectivity index (χ4v) is 3.55. The number of carbonyl (C=O) groups is 1. The summed E-state index contributed by atoms with van der Waals surface area (Å²) in [6.45, 7) is 1.91. The first-order valence-electron chi connectivity index (χ1n) is 7.32. The van der Waals surface area contributed by atoms with E-state index in [-0.39, 0.29) is 17.6 Å². The number of nitrogens with one attached hydrogen (secondary N) is 1. The Bertz CT molecular complexity index is 900. The molecule has 1 atom stereocenters. The number of carbonyl (C=O) groups excluding carboxylic acids is 1. The first-order chi connectivity index (χ1) is 11.1. The maximum Gasteiger partial charge on any atom is 0.231 e. The van der Waals surface area contributed by atoms with Gasteiger partial charge in [0.1, 0.15) is 10.8 Å². The van der Waals surface area contributed by atoms with Gasteiger partial charge in [-0.15, -0.1) is 11.3 Å². The Morgan fingerprint density at radius 3 is 2.65 bits per heavy atom. The Morgan fingerprint density at radius 1 is 1.13 bits per heavy atom. The van der Waals surface area contributed by atoms with Crippen molar-refractivity contribution in [3.8, 4) is 27.6 Å². The van der Waals surface area contributed by atoms with Crippen LogP contribution in [0.1, 0.15) is 18.4 Å². The summed E-state index contributed by atoms with van der Waals surface area (Å²) in [4.78, 5) is 16.4. The van der Waals surface area contributed by atoms with Crippen LogP contribution in [0.5, 0.6) is 5.75 Å². The fourth-order valence-electron chi connectivity index (χ4n) is 2.72. The second kappa shape index (κ2) is 5.21. The highest BCUT2D eigenvalue weighted by atomic mass is 32.1. The van der Waals surface area contributed by atoms with Gasteiger partial charge in [-0.3, -0.25) is 4.79 Å². The van der Waals surface area contributed by atoms with E-state index >= 15 is 0 Å². The molecule has 1 aromatic heterocycles. The van der Waals surface area contributed by atoms with Gasteiger partial charge in [-0.1, -0.05) is 6.07 Å². The van der Waals surface area contributed by atoms with Gasteiger partial charge in [0.05, 0.1) is 11.6 Å². The number of amides is 1. The summed E-state index contributed by atoms with van der Waals surface area (Å²) in [5, 5.41) is 15.2. The van der Waals surface area contributed by atoms with E-state index in [9.17, 15) is 9.90 Å². The molecular formula is C18H14N2O2S. The van der Waals surface area contributed by atoms with Gasteiger partial charge in [0.2, 0.25) is 5.91 Å². The van der Waals surface area contributed by atoms with Crippen LogP contribution >= 0.6 is 11.3 Å². The van der Waals surface area contributed by atoms with Crippen LogP contribution in [0.25, 0.3) is 21.8 Å². The predicted molar refractivity (Wildman–Crippen MR) is 91.7 cm³/mol. The average Bonchev–Trinajstić information content (AvgIpc) is 3.14. The molecule has 0 saturated heterocycles. The highest BCUT2D eigenvalue weighted by Crippen LogP contribution is 2.36. The molecule has 0 bridgehead atoms. The lowest BCUT2D eigenvalue weighted by Crippen LogP contribution is -2.08. The number of fused-ring (bicyclic) bond motifs is 1. The maximum atomic E-state index is 11.8. The minimum atomic E-state index is -0.125. The van der Waals surface area contributed by atoms with Crippen LogP contribution in [0.3, 0.4) is 0 Å². The van der Waals surface area contributed by atoms with Crippen molar-refractivity contribution in [2.75, 3.05) is 5.32 Å². The molecule has 114 valence electrons. The zero-order chi connectivity index (χ0) is 16.0. The normalized spacial score (nSPS) is 16.2. The van der Waals surface area contributed by atoms with Crippen LogP contribution in [0, 0.1) is 0 Å². The van der Waals surface area contributed by atoms with Gasteiger partial charge in [-0.05, 0) is 48.9 Å². The van der Waals surface area contributed by atoms with E-state index in [1.807, 2.05) is 42.6 Å². The van der Waals surface area contributed by atoms with Gasteiger partial charge in [0.25, 0.3) is 0 Å². The number of rotatable bonds is 2. The second-order valence-corrected chi connectivity index (χ2v) is 6.46. The minimum Gasteiger partial charge on any atom is -0.508 e. The standard InChI is InChI=1S/C18H14N2O2S/c1-10-14-8-12(4-7-15(14)19-17(10)22)16-9-23-18(20-16)11-2-5-13(21)6-3-11/h2-10,21H,1H3,(H,19,22)/t10-/m0/s1. The molecule has 4 rings (SSSR count). The molecule has 0 radical (unpaired) electrons. The topological polar surface area (TPSA) is 62.2 Å². The molecule has 0 unspecified atom stereocenters. The van der Waals surface area contributed by atoms with Crippen molar-refractivity contribution in [3.05, 3.63) is 53.4 Å². The molecule has 4 nitrogen and oxygen atoms in total. The van der Waals surface area contributed by atoms with Gasteiger partial charge in [-0.25, -0.2) is 4.98 Å². The summed E-state index contributed by atoms with van der Waals surface area (Å²) in [6.07, 6.45) is 0. The Hall–Kier alpha value is -2.66. The number of hydrogen-bond acceptors (Lipinski definition) is 4. The summed E-state index contributed by atoms with van der Waals surface area (Å²) < 4.78 is 0. The highest BCUT2D eigenvalue weighted by Gasteiger charge is 2.26. The Kier molecular flexibility index (Phi) is 3.16. The van der Waals surface area contributed by atoms with E-state index in [2.05, 4.69) is 10.3 Å². The van der Waals surface area contributed by atoms with Crippen LogP contribution < -0.4 is 5.32 Å². The number of benzene rings is 2. The smallest absolute Gasteiger partial charge is 0.231 e. The molecule has 1 aliphatic rings. The van der Waals surface area contributed by atoms with Crippen molar-refractivity contribution in [2.24, 2.45) is 0 Å². The Morgan fingerprint density at radius 2 is 1.87 bits per heavy atom. The maximum absolute atomic E-state index is 11.8. The first-order valence-corrected chi connectivity index (χ1v) is 8.20. The number of aromatic hydroxyl groups is 1. The van der Waals surface area contributed by atoms with Crippen molar-refractivity contribution < 1.29 is 9.90 Å². The monoisotopic (exact) mass is 322 g/mol. The van der Waals surface area contributed by atoms with E-state index in [1.165, 1.54) is 0 Å². The lowest BCUT2D eigenvalue weighted by molar-refractivity contribution is -0.116. The lowest BCUT2D eigenvalue weighted by Gasteiger charge is -2.04. The zero-order valence-corrected chi connectivity index (χ0v) is 13.2. The molecule has 1 aliphatic heterocycles. The lowest BCUT2D eigenvalue weighted by atomic mass is 9.99.